The molecule has 35 heavy (non-hydrogen) atoms. The number of nitrogens with one attached hydrogen (secondary N) is 3. The minimum atomic E-state index is -0.481. The van der Waals surface area contributed by atoms with Crippen LogP contribution in [0.25, 0.3) is 0 Å². The van der Waals surface area contributed by atoms with E-state index in [0.717, 1.165) is 58.3 Å². The summed E-state index contributed by atoms with van der Waals surface area (Å²) in [7, 11) is 0. The lowest BCUT2D eigenvalue weighted by molar-refractivity contribution is -0.116. The van der Waals surface area contributed by atoms with Crippen molar-refractivity contribution in [1.82, 2.24) is 20.2 Å². The average Bonchev–Trinajstić information content (AvgIpc) is 3.34. The Hall–Kier alpha value is -2.24. The van der Waals surface area contributed by atoms with Gasteiger partial charge in [-0.2, -0.15) is 4.98 Å². The number of anilines is 1. The average molecular weight is 504 g/mol. The van der Waals surface area contributed by atoms with Gasteiger partial charge in [-0.05, 0) is 56.9 Å². The number of rotatable bonds is 16. The zero-order valence-corrected chi connectivity index (χ0v) is 21.0. The third-order valence-electron chi connectivity index (χ3n) is 5.68. The molecular formula is C25H37N5O4S. The van der Waals surface area contributed by atoms with E-state index < -0.39 is 11.9 Å². The Morgan fingerprint density at radius 3 is 2.51 bits per heavy atom. The Morgan fingerprint density at radius 1 is 1.06 bits per heavy atom. The first kappa shape index (κ1) is 27.3. The minimum absolute atomic E-state index is 0.0964. The van der Waals surface area contributed by atoms with Crippen molar-refractivity contribution in [2.24, 2.45) is 0 Å². The summed E-state index contributed by atoms with van der Waals surface area (Å²) in [6.45, 7) is 3.81. The van der Waals surface area contributed by atoms with E-state index in [4.69, 9.17) is 9.84 Å². The number of benzene rings is 1. The predicted octanol–water partition coefficient (Wildman–Crippen LogP) is 2.48. The zero-order chi connectivity index (χ0) is 24.7. The van der Waals surface area contributed by atoms with Crippen LogP contribution in [0.15, 0.2) is 47.4 Å². The predicted molar refractivity (Wildman–Crippen MR) is 139 cm³/mol. The standard InChI is InChI=1S/C25H37N5O4S/c31-18-24-34-23(19-35-24)30-16-12-21(29-25(30)33)28-22(32)11-5-2-6-13-26-14-7-8-15-27-17-20-9-3-1-4-10-20/h1,3-4,9-10,12,16,23-24,26-27,31H,2,5-8,11,13-15,17-19H2,(H,28,29,32,33). The third kappa shape index (κ3) is 10.1. The van der Waals surface area contributed by atoms with Crippen LogP contribution in [0.4, 0.5) is 5.82 Å². The van der Waals surface area contributed by atoms with E-state index in [1.807, 2.05) is 6.07 Å². The number of aromatic nitrogens is 2. The summed E-state index contributed by atoms with van der Waals surface area (Å²) in [4.78, 5) is 28.4. The molecule has 0 saturated carbocycles. The quantitative estimate of drug-likeness (QED) is 0.258. The molecule has 9 nitrogen and oxygen atoms in total. The largest absolute Gasteiger partial charge is 0.393 e. The number of hydrogen-bond acceptors (Lipinski definition) is 8. The second-order valence-corrected chi connectivity index (χ2v) is 9.71. The van der Waals surface area contributed by atoms with Crippen LogP contribution in [0.2, 0.25) is 0 Å². The van der Waals surface area contributed by atoms with Gasteiger partial charge in [0.25, 0.3) is 0 Å². The monoisotopic (exact) mass is 503 g/mol. The summed E-state index contributed by atoms with van der Waals surface area (Å²) in [5.74, 6) is 0.679. The third-order valence-corrected chi connectivity index (χ3v) is 6.79. The molecule has 1 amide bonds. The molecule has 1 aromatic carbocycles. The lowest BCUT2D eigenvalue weighted by Gasteiger charge is -2.14. The molecule has 1 aliphatic rings. The number of carbonyl (C=O) groups excluding carboxylic acids is 1. The lowest BCUT2D eigenvalue weighted by Crippen LogP contribution is -2.29. The number of thioether (sulfide) groups is 1. The molecule has 0 radical (unpaired) electrons. The van der Waals surface area contributed by atoms with E-state index in [0.29, 0.717) is 12.2 Å². The van der Waals surface area contributed by atoms with Crippen LogP contribution >= 0.6 is 11.8 Å². The highest BCUT2D eigenvalue weighted by Crippen LogP contribution is 2.30. The number of amides is 1. The number of aliphatic hydroxyl groups excluding tert-OH is 1. The van der Waals surface area contributed by atoms with Gasteiger partial charge in [-0.1, -0.05) is 36.8 Å². The molecular weight excluding hydrogens is 466 g/mol. The molecule has 1 aliphatic heterocycles. The van der Waals surface area contributed by atoms with Gasteiger partial charge in [0.1, 0.15) is 17.5 Å². The maximum absolute atomic E-state index is 12.3. The van der Waals surface area contributed by atoms with Crippen molar-refractivity contribution in [3.8, 4) is 0 Å². The Labute approximate surface area is 211 Å². The number of hydrogen-bond donors (Lipinski definition) is 4. The van der Waals surface area contributed by atoms with Crippen LogP contribution < -0.4 is 21.6 Å². The van der Waals surface area contributed by atoms with Crippen molar-refractivity contribution in [3.63, 3.8) is 0 Å². The molecule has 10 heteroatoms. The first-order chi connectivity index (χ1) is 17.2. The Kier molecular flexibility index (Phi) is 12.3. The fourth-order valence-corrected chi connectivity index (χ4v) is 4.69. The second kappa shape index (κ2) is 15.7. The van der Waals surface area contributed by atoms with Gasteiger partial charge in [-0.25, -0.2) is 4.79 Å². The lowest BCUT2D eigenvalue weighted by atomic mass is 10.2. The smallest absolute Gasteiger partial charge is 0.351 e. The maximum atomic E-state index is 12.3. The van der Waals surface area contributed by atoms with E-state index in [1.165, 1.54) is 21.9 Å². The van der Waals surface area contributed by atoms with E-state index in [2.05, 4.69) is 45.2 Å². The fraction of sp³-hybridized carbons (Fsp3) is 0.560. The van der Waals surface area contributed by atoms with E-state index in [1.54, 1.807) is 12.3 Å². The Morgan fingerprint density at radius 2 is 1.80 bits per heavy atom. The number of carbonyl (C=O) groups is 1. The summed E-state index contributed by atoms with van der Waals surface area (Å²) in [6, 6.07) is 12.0. The molecule has 2 atom stereocenters. The first-order valence-electron chi connectivity index (χ1n) is 12.4. The van der Waals surface area contributed by atoms with Crippen molar-refractivity contribution in [1.29, 1.82) is 0 Å². The maximum Gasteiger partial charge on any atom is 0.351 e. The van der Waals surface area contributed by atoms with Crippen LogP contribution in [0, 0.1) is 0 Å². The minimum Gasteiger partial charge on any atom is -0.393 e. The summed E-state index contributed by atoms with van der Waals surface area (Å²) in [6.07, 6.45) is 6.60. The van der Waals surface area contributed by atoms with Crippen LogP contribution in [-0.4, -0.2) is 58.0 Å². The number of nitrogens with zero attached hydrogens (tertiary/aromatic N) is 2. The molecule has 1 aromatic heterocycles. The van der Waals surface area contributed by atoms with Crippen molar-refractivity contribution in [3.05, 3.63) is 58.6 Å². The van der Waals surface area contributed by atoms with Gasteiger partial charge in [0, 0.05) is 24.9 Å². The van der Waals surface area contributed by atoms with Gasteiger partial charge in [-0.15, -0.1) is 11.8 Å². The summed E-state index contributed by atoms with van der Waals surface area (Å²) in [5.41, 5.74) is 0.507. The molecule has 192 valence electrons. The molecule has 2 aromatic rings. The molecule has 2 heterocycles. The van der Waals surface area contributed by atoms with Gasteiger partial charge < -0.3 is 25.8 Å². The van der Waals surface area contributed by atoms with Gasteiger partial charge in [0.2, 0.25) is 5.91 Å². The summed E-state index contributed by atoms with van der Waals surface area (Å²) >= 11 is 1.45. The second-order valence-electron chi connectivity index (χ2n) is 8.52. The normalized spacial score (nSPS) is 17.5. The van der Waals surface area contributed by atoms with Crippen LogP contribution in [-0.2, 0) is 16.1 Å². The van der Waals surface area contributed by atoms with Crippen molar-refractivity contribution < 1.29 is 14.6 Å². The molecule has 1 fully saturated rings. The van der Waals surface area contributed by atoms with Crippen molar-refractivity contribution in [2.75, 3.05) is 37.3 Å². The highest BCUT2D eigenvalue weighted by atomic mass is 32.2. The van der Waals surface area contributed by atoms with Gasteiger partial charge in [0.15, 0.2) is 0 Å². The van der Waals surface area contributed by atoms with Gasteiger partial charge in [-0.3, -0.25) is 9.36 Å². The number of aliphatic hydroxyl groups is 1. The van der Waals surface area contributed by atoms with Crippen LogP contribution in [0.5, 0.6) is 0 Å². The molecule has 1 saturated heterocycles. The Balaban J connectivity index is 1.17. The molecule has 2 unspecified atom stereocenters. The van der Waals surface area contributed by atoms with Crippen LogP contribution in [0.1, 0.15) is 50.3 Å². The Bertz CT molecular complexity index is 943. The molecule has 3 rings (SSSR count). The van der Waals surface area contributed by atoms with Crippen LogP contribution in [0.3, 0.4) is 0 Å². The fourth-order valence-electron chi connectivity index (χ4n) is 3.76. The highest BCUT2D eigenvalue weighted by molar-refractivity contribution is 8.00. The van der Waals surface area contributed by atoms with E-state index >= 15 is 0 Å². The van der Waals surface area contributed by atoms with Gasteiger partial charge in [0.05, 0.1) is 6.61 Å². The molecule has 0 aliphatic carbocycles. The van der Waals surface area contributed by atoms with E-state index in [-0.39, 0.29) is 23.8 Å². The molecule has 0 bridgehead atoms. The summed E-state index contributed by atoms with van der Waals surface area (Å²) in [5, 5.41) is 18.8. The number of ether oxygens (including phenoxy) is 1. The topological polar surface area (TPSA) is 118 Å². The highest BCUT2D eigenvalue weighted by Gasteiger charge is 2.27. The zero-order valence-electron chi connectivity index (χ0n) is 20.2. The molecule has 0 spiro atoms. The summed E-state index contributed by atoms with van der Waals surface area (Å²) < 4.78 is 6.96. The number of unbranched alkanes of at least 4 members (excludes halogenated alkanes) is 3. The van der Waals surface area contributed by atoms with Gasteiger partial charge >= 0.3 is 5.69 Å². The first-order valence-corrected chi connectivity index (χ1v) is 13.4. The SMILES string of the molecule is O=C(CCCCCNCCCCNCc1ccccc1)Nc1ccn(C2CSC(CO)O2)c(=O)n1. The molecule has 4 N–H and O–H groups in total. The van der Waals surface area contributed by atoms with E-state index in [9.17, 15) is 9.59 Å². The van der Waals surface area contributed by atoms with Crippen molar-refractivity contribution in [2.45, 2.75) is 56.7 Å². The van der Waals surface area contributed by atoms with Crippen molar-refractivity contribution >= 4 is 23.5 Å².